The Balaban J connectivity index is 1.61. The minimum atomic E-state index is -3.35. The van der Waals surface area contributed by atoms with E-state index in [1.54, 1.807) is 23.2 Å². The first-order valence-electron chi connectivity index (χ1n) is 7.51. The van der Waals surface area contributed by atoms with Gasteiger partial charge in [-0.1, -0.05) is 30.3 Å². The van der Waals surface area contributed by atoms with Crippen molar-refractivity contribution in [2.75, 3.05) is 26.2 Å². The molecule has 1 saturated heterocycles. The summed E-state index contributed by atoms with van der Waals surface area (Å²) in [7, 11) is -3.35. The molecule has 2 heterocycles. The maximum atomic E-state index is 12.5. The van der Waals surface area contributed by atoms with Gasteiger partial charge in [-0.3, -0.25) is 4.79 Å². The Hall–Kier alpha value is -2.12. The summed E-state index contributed by atoms with van der Waals surface area (Å²) in [6, 6.07) is 12.6. The Morgan fingerprint density at radius 3 is 2.30 bits per heavy atom. The topological polar surface area (TPSA) is 73.5 Å². The van der Waals surface area contributed by atoms with Crippen LogP contribution in [0.4, 0.5) is 0 Å². The van der Waals surface area contributed by atoms with Gasteiger partial charge in [0.2, 0.25) is 10.0 Å². The van der Waals surface area contributed by atoms with Crippen molar-refractivity contribution in [1.82, 2.24) is 14.2 Å². The molecule has 0 aliphatic carbocycles. The van der Waals surface area contributed by atoms with E-state index in [-0.39, 0.29) is 11.7 Å². The molecule has 1 aliphatic heterocycles. The van der Waals surface area contributed by atoms with Crippen LogP contribution >= 0.6 is 0 Å². The zero-order chi connectivity index (χ0) is 16.3. The summed E-state index contributed by atoms with van der Waals surface area (Å²) in [5, 5.41) is 0. The normalized spacial score (nSPS) is 16.4. The maximum absolute atomic E-state index is 12.5. The number of piperazine rings is 1. The number of sulfonamides is 1. The Kier molecular flexibility index (Phi) is 4.49. The second-order valence-electron chi connectivity index (χ2n) is 5.52. The Labute approximate surface area is 135 Å². The maximum Gasteiger partial charge on any atom is 0.270 e. The Bertz CT molecular complexity index is 749. The summed E-state index contributed by atoms with van der Waals surface area (Å²) >= 11 is 0. The lowest BCUT2D eigenvalue weighted by molar-refractivity contribution is 0.0692. The molecule has 2 aromatic rings. The van der Waals surface area contributed by atoms with E-state index in [1.807, 2.05) is 30.3 Å². The predicted octanol–water partition coefficient (Wildman–Crippen LogP) is 1.30. The minimum Gasteiger partial charge on any atom is -0.357 e. The SMILES string of the molecule is O=C(c1ccc[nH]1)N1CCN(S(=O)(=O)Cc2ccccc2)CC1. The molecule has 1 amide bonds. The predicted molar refractivity (Wildman–Crippen MR) is 87.3 cm³/mol. The first-order chi connectivity index (χ1) is 11.1. The molecule has 6 nitrogen and oxygen atoms in total. The fourth-order valence-corrected chi connectivity index (χ4v) is 4.20. The minimum absolute atomic E-state index is 0.00157. The van der Waals surface area contributed by atoms with Crippen molar-refractivity contribution in [2.45, 2.75) is 5.75 Å². The lowest BCUT2D eigenvalue weighted by Crippen LogP contribution is -2.50. The highest BCUT2D eigenvalue weighted by molar-refractivity contribution is 7.88. The molecular formula is C16H19N3O3S. The third kappa shape index (κ3) is 3.62. The van der Waals surface area contributed by atoms with Gasteiger partial charge in [-0.25, -0.2) is 8.42 Å². The molecule has 7 heteroatoms. The Morgan fingerprint density at radius 1 is 1.00 bits per heavy atom. The van der Waals surface area contributed by atoms with Crippen LogP contribution in [0.15, 0.2) is 48.7 Å². The zero-order valence-corrected chi connectivity index (χ0v) is 13.5. The third-order valence-corrected chi connectivity index (χ3v) is 5.79. The van der Waals surface area contributed by atoms with E-state index in [1.165, 1.54) is 4.31 Å². The summed E-state index contributed by atoms with van der Waals surface area (Å²) in [4.78, 5) is 16.8. The van der Waals surface area contributed by atoms with Gasteiger partial charge in [0.1, 0.15) is 5.69 Å². The molecular weight excluding hydrogens is 314 g/mol. The van der Waals surface area contributed by atoms with Crippen molar-refractivity contribution in [3.05, 3.63) is 59.9 Å². The first-order valence-corrected chi connectivity index (χ1v) is 9.11. The van der Waals surface area contributed by atoms with Crippen LogP contribution in [0.2, 0.25) is 0 Å². The van der Waals surface area contributed by atoms with E-state index in [4.69, 9.17) is 0 Å². The van der Waals surface area contributed by atoms with Gasteiger partial charge in [0, 0.05) is 32.4 Å². The van der Waals surface area contributed by atoms with E-state index < -0.39 is 10.0 Å². The number of carbonyl (C=O) groups excluding carboxylic acids is 1. The standard InChI is InChI=1S/C16H19N3O3S/c20-16(15-7-4-8-17-15)18-9-11-19(12-10-18)23(21,22)13-14-5-2-1-3-6-14/h1-8,17H,9-13H2. The van der Waals surface area contributed by atoms with Crippen molar-refractivity contribution >= 4 is 15.9 Å². The van der Waals surface area contributed by atoms with Crippen molar-refractivity contribution in [1.29, 1.82) is 0 Å². The zero-order valence-electron chi connectivity index (χ0n) is 12.7. The van der Waals surface area contributed by atoms with Crippen LogP contribution in [0.3, 0.4) is 0 Å². The molecule has 0 bridgehead atoms. The molecule has 0 atom stereocenters. The van der Waals surface area contributed by atoms with Crippen LogP contribution < -0.4 is 0 Å². The number of aromatic nitrogens is 1. The molecule has 0 radical (unpaired) electrons. The van der Waals surface area contributed by atoms with Gasteiger partial charge in [-0.15, -0.1) is 0 Å². The molecule has 1 aromatic heterocycles. The number of rotatable bonds is 4. The molecule has 3 rings (SSSR count). The third-order valence-electron chi connectivity index (χ3n) is 3.94. The second-order valence-corrected chi connectivity index (χ2v) is 7.49. The van der Waals surface area contributed by atoms with Crippen molar-refractivity contribution in [3.63, 3.8) is 0 Å². The van der Waals surface area contributed by atoms with Gasteiger partial charge in [-0.05, 0) is 17.7 Å². The smallest absolute Gasteiger partial charge is 0.270 e. The summed E-state index contributed by atoms with van der Waals surface area (Å²) in [6.45, 7) is 1.49. The average Bonchev–Trinajstić information content (AvgIpc) is 3.09. The number of H-pyrrole nitrogens is 1. The number of nitrogens with zero attached hydrogens (tertiary/aromatic N) is 2. The van der Waals surface area contributed by atoms with Gasteiger partial charge in [0.25, 0.3) is 5.91 Å². The van der Waals surface area contributed by atoms with Gasteiger partial charge >= 0.3 is 0 Å². The highest BCUT2D eigenvalue weighted by atomic mass is 32.2. The molecule has 0 saturated carbocycles. The van der Waals surface area contributed by atoms with Gasteiger partial charge in [0.15, 0.2) is 0 Å². The number of hydrogen-bond acceptors (Lipinski definition) is 3. The van der Waals surface area contributed by atoms with E-state index in [0.717, 1.165) is 5.56 Å². The van der Waals surface area contributed by atoms with Crippen LogP contribution in [0.1, 0.15) is 16.1 Å². The highest BCUT2D eigenvalue weighted by Gasteiger charge is 2.29. The van der Waals surface area contributed by atoms with Crippen LogP contribution in [0.25, 0.3) is 0 Å². The van der Waals surface area contributed by atoms with E-state index in [0.29, 0.717) is 31.9 Å². The lowest BCUT2D eigenvalue weighted by Gasteiger charge is -2.33. The number of amides is 1. The quantitative estimate of drug-likeness (QED) is 0.916. The number of nitrogens with one attached hydrogen (secondary N) is 1. The summed E-state index contributed by atoms with van der Waals surface area (Å²) in [6.07, 6.45) is 1.70. The molecule has 1 aromatic carbocycles. The first kappa shape index (κ1) is 15.8. The molecule has 0 spiro atoms. The second kappa shape index (κ2) is 6.55. The van der Waals surface area contributed by atoms with Crippen molar-refractivity contribution in [2.24, 2.45) is 0 Å². The summed E-state index contributed by atoms with van der Waals surface area (Å²) < 4.78 is 26.4. The van der Waals surface area contributed by atoms with Crippen LogP contribution in [0, 0.1) is 0 Å². The fraction of sp³-hybridized carbons (Fsp3) is 0.312. The van der Waals surface area contributed by atoms with Crippen molar-refractivity contribution < 1.29 is 13.2 Å². The van der Waals surface area contributed by atoms with E-state index >= 15 is 0 Å². The molecule has 23 heavy (non-hydrogen) atoms. The van der Waals surface area contributed by atoms with Crippen LogP contribution in [-0.4, -0.2) is 54.7 Å². The highest BCUT2D eigenvalue weighted by Crippen LogP contribution is 2.14. The van der Waals surface area contributed by atoms with Crippen LogP contribution in [-0.2, 0) is 15.8 Å². The fourth-order valence-electron chi connectivity index (χ4n) is 2.68. The van der Waals surface area contributed by atoms with E-state index in [9.17, 15) is 13.2 Å². The lowest BCUT2D eigenvalue weighted by atomic mass is 10.2. The number of hydrogen-bond donors (Lipinski definition) is 1. The molecule has 0 unspecified atom stereocenters. The molecule has 122 valence electrons. The average molecular weight is 333 g/mol. The number of benzene rings is 1. The van der Waals surface area contributed by atoms with Crippen molar-refractivity contribution in [3.8, 4) is 0 Å². The van der Waals surface area contributed by atoms with Gasteiger partial charge in [-0.2, -0.15) is 4.31 Å². The number of aromatic amines is 1. The summed E-state index contributed by atoms with van der Waals surface area (Å²) in [5.41, 5.74) is 1.31. The molecule has 1 fully saturated rings. The molecule has 1 N–H and O–H groups in total. The summed E-state index contributed by atoms with van der Waals surface area (Å²) in [5.74, 6) is -0.0894. The monoisotopic (exact) mass is 333 g/mol. The number of carbonyl (C=O) groups is 1. The molecule has 1 aliphatic rings. The van der Waals surface area contributed by atoms with Crippen LogP contribution in [0.5, 0.6) is 0 Å². The largest absolute Gasteiger partial charge is 0.357 e. The Morgan fingerprint density at radius 2 is 1.70 bits per heavy atom. The van der Waals surface area contributed by atoms with Gasteiger partial charge in [0.05, 0.1) is 5.75 Å². The van der Waals surface area contributed by atoms with E-state index in [2.05, 4.69) is 4.98 Å². The van der Waals surface area contributed by atoms with Gasteiger partial charge < -0.3 is 9.88 Å².